The van der Waals surface area contributed by atoms with E-state index in [1.807, 2.05) is 0 Å². The van der Waals surface area contributed by atoms with Gasteiger partial charge < -0.3 is 33.9 Å². The summed E-state index contributed by atoms with van der Waals surface area (Å²) in [6, 6.07) is 0. The van der Waals surface area contributed by atoms with Crippen molar-refractivity contribution >= 4 is 0 Å². The van der Waals surface area contributed by atoms with Crippen LogP contribution >= 0.6 is 0 Å². The van der Waals surface area contributed by atoms with Gasteiger partial charge >= 0.3 is 5.69 Å². The van der Waals surface area contributed by atoms with E-state index in [0.717, 1.165) is 0 Å². The van der Waals surface area contributed by atoms with Crippen LogP contribution in [-0.4, -0.2) is 85.0 Å². The summed E-state index contributed by atoms with van der Waals surface area (Å²) in [6.07, 6.45) is -0.924. The minimum absolute atomic E-state index is 0.00942. The first-order chi connectivity index (χ1) is 13.5. The second-order valence-electron chi connectivity index (χ2n) is 6.17. The third-order valence-corrected chi connectivity index (χ3v) is 3.99. The molecule has 1 aromatic rings. The van der Waals surface area contributed by atoms with Crippen LogP contribution in [0.5, 0.6) is 0 Å². The normalized spacial score (nSPS) is 22.0. The molecule has 0 aliphatic carbocycles. The fraction of sp³-hybridized carbons (Fsp3) is 0.765. The Morgan fingerprint density at radius 1 is 1.11 bits per heavy atom. The number of rotatable bonds is 13. The molecule has 0 unspecified atom stereocenters. The zero-order valence-corrected chi connectivity index (χ0v) is 15.9. The second kappa shape index (κ2) is 12.1. The Hall–Kier alpha value is -1.60. The summed E-state index contributed by atoms with van der Waals surface area (Å²) < 4.78 is 28.0. The van der Waals surface area contributed by atoms with E-state index >= 15 is 0 Å². The molecule has 0 bridgehead atoms. The highest BCUT2D eigenvalue weighted by Crippen LogP contribution is 2.28. The van der Waals surface area contributed by atoms with Crippen molar-refractivity contribution < 1.29 is 33.9 Å². The van der Waals surface area contributed by atoms with E-state index in [0.29, 0.717) is 45.2 Å². The van der Waals surface area contributed by atoms with Gasteiger partial charge in [-0.25, -0.2) is 4.79 Å². The first-order valence-corrected chi connectivity index (χ1v) is 9.14. The number of nitrogens with zero attached hydrogens (tertiary/aromatic N) is 1. The molecule has 1 aliphatic heterocycles. The molecule has 1 aromatic heterocycles. The van der Waals surface area contributed by atoms with Gasteiger partial charge in [-0.2, -0.15) is 0 Å². The lowest BCUT2D eigenvalue weighted by Gasteiger charge is -2.17. The molecule has 11 nitrogen and oxygen atoms in total. The summed E-state index contributed by atoms with van der Waals surface area (Å²) in [5, 5.41) is 18.6. The van der Waals surface area contributed by atoms with Crippen molar-refractivity contribution in [2.45, 2.75) is 32.0 Å². The van der Waals surface area contributed by atoms with E-state index in [4.69, 9.17) is 28.8 Å². The first kappa shape index (κ1) is 22.7. The van der Waals surface area contributed by atoms with Crippen molar-refractivity contribution in [3.8, 4) is 0 Å². The van der Waals surface area contributed by atoms with Crippen LogP contribution in [0.4, 0.5) is 0 Å². The second-order valence-corrected chi connectivity index (χ2v) is 6.17. The monoisotopic (exact) mass is 404 g/mol. The SMILES string of the molecule is Cc1cn([C@H]2C[C@H](O)[C@@H](OCCOCCOCCOCCO)O2)c(=O)[nH]c1=O. The van der Waals surface area contributed by atoms with Crippen LogP contribution in [0.25, 0.3) is 0 Å². The van der Waals surface area contributed by atoms with Crippen molar-refractivity contribution in [3.63, 3.8) is 0 Å². The predicted molar refractivity (Wildman–Crippen MR) is 96.1 cm³/mol. The molecule has 0 amide bonds. The fourth-order valence-electron chi connectivity index (χ4n) is 2.58. The molecular weight excluding hydrogens is 376 g/mol. The topological polar surface area (TPSA) is 141 Å². The summed E-state index contributed by atoms with van der Waals surface area (Å²) in [6.45, 7) is 3.98. The lowest BCUT2D eigenvalue weighted by Crippen LogP contribution is -2.33. The number of aromatic nitrogens is 2. The van der Waals surface area contributed by atoms with Crippen LogP contribution in [0.2, 0.25) is 0 Å². The van der Waals surface area contributed by atoms with Crippen LogP contribution in [0.1, 0.15) is 18.2 Å². The third kappa shape index (κ3) is 7.09. The van der Waals surface area contributed by atoms with Gasteiger partial charge in [-0.05, 0) is 6.92 Å². The minimum Gasteiger partial charge on any atom is -0.394 e. The maximum atomic E-state index is 11.9. The number of aromatic amines is 1. The Morgan fingerprint density at radius 2 is 1.71 bits per heavy atom. The Labute approximate surface area is 161 Å². The number of ether oxygens (including phenoxy) is 5. The van der Waals surface area contributed by atoms with E-state index in [1.54, 1.807) is 6.92 Å². The van der Waals surface area contributed by atoms with Crippen LogP contribution in [0.3, 0.4) is 0 Å². The standard InChI is InChI=1S/C17H28N2O9/c1-12-11-19(17(23)18-15(12)22)14-10-13(21)16(28-14)27-9-8-26-7-6-25-5-4-24-3-2-20/h11,13-14,16,20-21H,2-10H2,1H3,(H,18,22,23)/t13-,14+,16-/m0/s1. The minimum atomic E-state index is -0.897. The Kier molecular flexibility index (Phi) is 9.78. The van der Waals surface area contributed by atoms with Crippen molar-refractivity contribution in [2.75, 3.05) is 52.9 Å². The number of aliphatic hydroxyl groups is 2. The molecule has 3 atom stereocenters. The van der Waals surface area contributed by atoms with Gasteiger partial charge in [0.1, 0.15) is 12.3 Å². The van der Waals surface area contributed by atoms with Gasteiger partial charge in [-0.3, -0.25) is 14.3 Å². The third-order valence-electron chi connectivity index (χ3n) is 3.99. The lowest BCUT2D eigenvalue weighted by molar-refractivity contribution is -0.183. The molecule has 0 aromatic carbocycles. The number of aliphatic hydroxyl groups excluding tert-OH is 2. The Bertz CT molecular complexity index is 690. The first-order valence-electron chi connectivity index (χ1n) is 9.14. The Balaban J connectivity index is 1.61. The molecular formula is C17H28N2O9. The Morgan fingerprint density at radius 3 is 2.36 bits per heavy atom. The maximum Gasteiger partial charge on any atom is 0.330 e. The molecule has 2 heterocycles. The molecule has 0 saturated carbocycles. The van der Waals surface area contributed by atoms with Crippen molar-refractivity contribution in [3.05, 3.63) is 32.6 Å². The van der Waals surface area contributed by atoms with Crippen molar-refractivity contribution in [1.29, 1.82) is 0 Å². The van der Waals surface area contributed by atoms with E-state index < -0.39 is 29.9 Å². The predicted octanol–water partition coefficient (Wildman–Crippen LogP) is -1.49. The van der Waals surface area contributed by atoms with Gasteiger partial charge in [0.2, 0.25) is 0 Å². The molecule has 1 saturated heterocycles. The molecule has 1 fully saturated rings. The van der Waals surface area contributed by atoms with E-state index in [9.17, 15) is 14.7 Å². The van der Waals surface area contributed by atoms with Gasteiger partial charge in [0, 0.05) is 18.2 Å². The molecule has 28 heavy (non-hydrogen) atoms. The zero-order valence-electron chi connectivity index (χ0n) is 15.9. The molecule has 0 spiro atoms. The van der Waals surface area contributed by atoms with Crippen LogP contribution in [0.15, 0.2) is 15.8 Å². The molecule has 1 aliphatic rings. The van der Waals surface area contributed by atoms with E-state index in [1.165, 1.54) is 10.8 Å². The number of nitrogens with one attached hydrogen (secondary N) is 1. The number of aryl methyl sites for hydroxylation is 1. The quantitative estimate of drug-likeness (QED) is 0.335. The molecule has 2 rings (SSSR count). The molecule has 0 radical (unpaired) electrons. The summed E-state index contributed by atoms with van der Waals surface area (Å²) in [7, 11) is 0. The zero-order chi connectivity index (χ0) is 20.4. The van der Waals surface area contributed by atoms with Gasteiger partial charge in [-0.1, -0.05) is 0 Å². The van der Waals surface area contributed by atoms with E-state index in [2.05, 4.69) is 4.98 Å². The summed E-state index contributed by atoms with van der Waals surface area (Å²) >= 11 is 0. The highest BCUT2D eigenvalue weighted by atomic mass is 16.7. The summed E-state index contributed by atoms with van der Waals surface area (Å²) in [5.41, 5.74) is -0.678. The van der Waals surface area contributed by atoms with Gasteiger partial charge in [0.25, 0.3) is 5.56 Å². The van der Waals surface area contributed by atoms with Crippen LogP contribution < -0.4 is 11.2 Å². The molecule has 11 heteroatoms. The fourth-order valence-corrected chi connectivity index (χ4v) is 2.58. The lowest BCUT2D eigenvalue weighted by atomic mass is 10.2. The maximum absolute atomic E-state index is 11.9. The highest BCUT2D eigenvalue weighted by molar-refractivity contribution is 5.01. The molecule has 160 valence electrons. The van der Waals surface area contributed by atoms with Crippen molar-refractivity contribution in [1.82, 2.24) is 9.55 Å². The van der Waals surface area contributed by atoms with Crippen LogP contribution in [0, 0.1) is 6.92 Å². The smallest absolute Gasteiger partial charge is 0.330 e. The summed E-state index contributed by atoms with van der Waals surface area (Å²) in [5.74, 6) is 0. The largest absolute Gasteiger partial charge is 0.394 e. The average molecular weight is 404 g/mol. The van der Waals surface area contributed by atoms with Gasteiger partial charge in [0.15, 0.2) is 6.29 Å². The highest BCUT2D eigenvalue weighted by Gasteiger charge is 2.36. The van der Waals surface area contributed by atoms with E-state index in [-0.39, 0.29) is 19.6 Å². The van der Waals surface area contributed by atoms with Gasteiger partial charge in [-0.15, -0.1) is 0 Å². The number of hydrogen-bond acceptors (Lipinski definition) is 9. The summed E-state index contributed by atoms with van der Waals surface area (Å²) in [4.78, 5) is 25.6. The van der Waals surface area contributed by atoms with Gasteiger partial charge in [0.05, 0.1) is 52.9 Å². The number of H-pyrrole nitrogens is 1. The average Bonchev–Trinajstić information content (AvgIpc) is 3.03. The van der Waals surface area contributed by atoms with Crippen LogP contribution in [-0.2, 0) is 23.7 Å². The number of hydrogen-bond donors (Lipinski definition) is 3. The molecule has 3 N–H and O–H groups in total. The van der Waals surface area contributed by atoms with Crippen molar-refractivity contribution in [2.24, 2.45) is 0 Å².